The van der Waals surface area contributed by atoms with E-state index in [2.05, 4.69) is 33.6 Å². The molecule has 0 radical (unpaired) electrons. The van der Waals surface area contributed by atoms with Crippen molar-refractivity contribution < 1.29 is 23.1 Å². The van der Waals surface area contributed by atoms with Crippen LogP contribution in [0.4, 0.5) is 8.78 Å². The highest BCUT2D eigenvalue weighted by Crippen LogP contribution is 2.40. The molecule has 0 aliphatic carbocycles. The Morgan fingerprint density at radius 3 is 1.94 bits per heavy atom. The monoisotopic (exact) mass is 932 g/mol. The minimum absolute atomic E-state index is 0.00324. The van der Waals surface area contributed by atoms with Crippen molar-refractivity contribution in [3.63, 3.8) is 0 Å². The van der Waals surface area contributed by atoms with Gasteiger partial charge in [0.05, 0.1) is 59.2 Å². The molecule has 10 rings (SSSR count). The number of carbonyl (C=O) groups excluding carboxylic acids is 1. The lowest BCUT2D eigenvalue weighted by atomic mass is 10.0. The largest absolute Gasteiger partial charge is 0.456 e. The van der Waals surface area contributed by atoms with Gasteiger partial charge >= 0.3 is 0 Å². The average Bonchev–Trinajstić information content (AvgIpc) is 4.22. The molecular formula is C55H58F2N8O4. The zero-order valence-electron chi connectivity index (χ0n) is 39.4. The van der Waals surface area contributed by atoms with Crippen molar-refractivity contribution in [2.24, 2.45) is 0 Å². The Kier molecular flexibility index (Phi) is 13.0. The molecule has 2 saturated heterocycles. The number of aliphatic hydroxyl groups is 1. The number of carbonyl (C=O) groups is 1. The topological polar surface area (TPSA) is 138 Å². The highest BCUT2D eigenvalue weighted by atomic mass is 19.1. The van der Waals surface area contributed by atoms with E-state index in [-0.39, 0.29) is 43.3 Å². The molecule has 5 aromatic carbocycles. The number of imidazole rings is 2. The van der Waals surface area contributed by atoms with Gasteiger partial charge < -0.3 is 24.4 Å². The minimum Gasteiger partial charge on any atom is -0.456 e. The van der Waals surface area contributed by atoms with Crippen LogP contribution in [-0.4, -0.2) is 108 Å². The molecule has 1 unspecified atom stereocenters. The molecular weight excluding hydrogens is 875 g/mol. The second-order valence-electron chi connectivity index (χ2n) is 18.3. The van der Waals surface area contributed by atoms with Crippen molar-refractivity contribution in [2.45, 2.75) is 83.3 Å². The summed E-state index contributed by atoms with van der Waals surface area (Å²) < 4.78 is 37.0. The van der Waals surface area contributed by atoms with Gasteiger partial charge in [0, 0.05) is 30.5 Å². The zero-order chi connectivity index (χ0) is 47.9. The Labute approximate surface area is 399 Å². The lowest BCUT2D eigenvalue weighted by molar-refractivity contribution is -0.138. The second-order valence-corrected chi connectivity index (χ2v) is 18.3. The summed E-state index contributed by atoms with van der Waals surface area (Å²) in [6.07, 6.45) is 0.461. The van der Waals surface area contributed by atoms with Gasteiger partial charge in [0.25, 0.3) is 0 Å². The van der Waals surface area contributed by atoms with Gasteiger partial charge in [-0.05, 0) is 72.3 Å². The quantitative estimate of drug-likeness (QED) is 0.0678. The molecule has 2 aliphatic rings. The Balaban J connectivity index is 0.905. The number of aromatic nitrogens is 4. The fourth-order valence-corrected chi connectivity index (χ4v) is 10.9. The number of H-pyrrole nitrogens is 2. The number of hydrogen-bond acceptors (Lipinski definition) is 9. The third-order valence-corrected chi connectivity index (χ3v) is 14.4. The summed E-state index contributed by atoms with van der Waals surface area (Å²) in [4.78, 5) is 52.6. The first-order chi connectivity index (χ1) is 33.6. The Hall–Kier alpha value is -6.58. The lowest BCUT2D eigenvalue weighted by Gasteiger charge is -2.39. The number of likely N-dealkylation sites (N-methyl/N-ethyl adjacent to an activating group) is 2. The number of hydrogen-bond donors (Lipinski definition) is 3. The van der Waals surface area contributed by atoms with Crippen LogP contribution in [0.15, 0.2) is 131 Å². The van der Waals surface area contributed by atoms with E-state index in [9.17, 15) is 14.7 Å². The normalized spacial score (nSPS) is 20.2. The number of alkyl halides is 2. The van der Waals surface area contributed by atoms with Gasteiger partial charge in [-0.1, -0.05) is 113 Å². The van der Waals surface area contributed by atoms with Crippen LogP contribution in [0.5, 0.6) is 0 Å². The van der Waals surface area contributed by atoms with Crippen LogP contribution >= 0.6 is 0 Å². The van der Waals surface area contributed by atoms with Crippen LogP contribution in [0.25, 0.3) is 55.2 Å². The van der Waals surface area contributed by atoms with Crippen molar-refractivity contribution in [1.82, 2.24) is 39.5 Å². The average molecular weight is 933 g/mol. The SMILES string of the molecule is CCN(CC)[C@H](c1ccccc1)C(O)N1C[C@H](F)C[C@H]1c1ncc(-c2ccc3c(=O)c4c(ccc5cc(-c6cnc([C@@H]7C[C@@H](F)CN7C(=O)[C@@H](c7ccccc7)N(CC)CC)[nH]6)ccc54)oc3c2)[nH]1. The highest BCUT2D eigenvalue weighted by Gasteiger charge is 2.44. The number of aromatic amines is 2. The lowest BCUT2D eigenvalue weighted by Crippen LogP contribution is -2.46. The number of rotatable bonds is 15. The molecule has 12 nitrogen and oxygen atoms in total. The summed E-state index contributed by atoms with van der Waals surface area (Å²) in [6, 6.07) is 32.6. The molecule has 3 N–H and O–H groups in total. The van der Waals surface area contributed by atoms with Gasteiger partial charge in [-0.15, -0.1) is 0 Å². The summed E-state index contributed by atoms with van der Waals surface area (Å²) in [5, 5.41) is 14.4. The van der Waals surface area contributed by atoms with Gasteiger partial charge in [0.2, 0.25) is 11.3 Å². The van der Waals surface area contributed by atoms with E-state index in [1.165, 1.54) is 0 Å². The van der Waals surface area contributed by atoms with E-state index in [4.69, 9.17) is 14.4 Å². The third kappa shape index (κ3) is 8.64. The molecule has 5 heterocycles. The maximum absolute atomic E-state index is 15.3. The zero-order valence-corrected chi connectivity index (χ0v) is 39.4. The standard InChI is InChI=1S/C55H58F2N8O4/c1-5-62(6-2)49(33-15-11-9-12-16-33)54(67)64-31-38(56)27-44(64)52-58-29-42(60-52)36-19-22-40-35(25-36)21-24-46-48(40)51(66)41-23-20-37(26-47(41)69-46)43-30-59-53(61-43)45-28-39(57)32-65(45)55(68)50(63(7-3)8-4)34-17-13-10-14-18-34/h9-26,29-30,38-39,44-45,49-50,55,68H,5-8,27-28,31-32H2,1-4H3,(H,58,60)(H,59,61)/t38-,39-,44+,45+,49-,50-,55?/m1/s1. The van der Waals surface area contributed by atoms with Gasteiger partial charge in [0.15, 0.2) is 0 Å². The van der Waals surface area contributed by atoms with Crippen molar-refractivity contribution >= 4 is 38.6 Å². The van der Waals surface area contributed by atoms with Gasteiger partial charge in [0.1, 0.15) is 47.4 Å². The van der Waals surface area contributed by atoms with Crippen LogP contribution < -0.4 is 5.43 Å². The van der Waals surface area contributed by atoms with E-state index < -0.39 is 36.7 Å². The van der Waals surface area contributed by atoms with E-state index in [0.29, 0.717) is 58.1 Å². The van der Waals surface area contributed by atoms with Crippen LogP contribution in [0, 0.1) is 0 Å². The first-order valence-electron chi connectivity index (χ1n) is 24.2. The van der Waals surface area contributed by atoms with Crippen LogP contribution in [-0.2, 0) is 4.79 Å². The van der Waals surface area contributed by atoms with Gasteiger partial charge in [-0.3, -0.25) is 24.3 Å². The van der Waals surface area contributed by atoms with E-state index in [1.807, 2.05) is 116 Å². The van der Waals surface area contributed by atoms with Crippen molar-refractivity contribution in [1.29, 1.82) is 0 Å². The molecule has 1 amide bonds. The number of halogens is 2. The summed E-state index contributed by atoms with van der Waals surface area (Å²) in [7, 11) is 0. The molecule has 8 aromatic rings. The number of likely N-dealkylation sites (tertiary alicyclic amines) is 2. The Morgan fingerprint density at radius 2 is 1.29 bits per heavy atom. The summed E-state index contributed by atoms with van der Waals surface area (Å²) >= 11 is 0. The summed E-state index contributed by atoms with van der Waals surface area (Å²) in [6.45, 7) is 11.0. The first kappa shape index (κ1) is 46.2. The predicted molar refractivity (Wildman–Crippen MR) is 266 cm³/mol. The molecule has 0 saturated carbocycles. The van der Waals surface area contributed by atoms with Gasteiger partial charge in [-0.25, -0.2) is 18.7 Å². The van der Waals surface area contributed by atoms with Crippen LogP contribution in [0.1, 0.15) is 87.5 Å². The second kappa shape index (κ2) is 19.4. The van der Waals surface area contributed by atoms with Gasteiger partial charge in [-0.2, -0.15) is 0 Å². The molecule has 7 atom stereocenters. The van der Waals surface area contributed by atoms with Crippen LogP contribution in [0.3, 0.4) is 0 Å². The molecule has 0 spiro atoms. The number of nitrogens with zero attached hydrogens (tertiary/aromatic N) is 6. The van der Waals surface area contributed by atoms with Crippen molar-refractivity contribution in [3.8, 4) is 22.5 Å². The fraction of sp³-hybridized carbons (Fsp3) is 0.345. The molecule has 14 heteroatoms. The smallest absolute Gasteiger partial charge is 0.245 e. The molecule has 356 valence electrons. The maximum Gasteiger partial charge on any atom is 0.245 e. The van der Waals surface area contributed by atoms with Crippen molar-refractivity contribution in [3.05, 3.63) is 155 Å². The number of nitrogens with one attached hydrogen (secondary N) is 2. The number of benzene rings is 5. The third-order valence-electron chi connectivity index (χ3n) is 14.4. The molecule has 69 heavy (non-hydrogen) atoms. The summed E-state index contributed by atoms with van der Waals surface area (Å²) in [5.41, 5.74) is 5.48. The maximum atomic E-state index is 15.3. The number of amides is 1. The Morgan fingerprint density at radius 1 is 0.710 bits per heavy atom. The highest BCUT2D eigenvalue weighted by molar-refractivity contribution is 6.09. The Bertz CT molecular complexity index is 3150. The minimum atomic E-state index is -1.18. The number of fused-ring (bicyclic) bond motifs is 4. The number of aliphatic hydroxyl groups excluding tert-OH is 1. The van der Waals surface area contributed by atoms with E-state index in [0.717, 1.165) is 46.1 Å². The molecule has 2 fully saturated rings. The fourth-order valence-electron chi connectivity index (χ4n) is 10.9. The molecule has 0 bridgehead atoms. The molecule has 3 aromatic heterocycles. The predicted octanol–water partition coefficient (Wildman–Crippen LogP) is 10.1. The van der Waals surface area contributed by atoms with Crippen LogP contribution in [0.2, 0.25) is 0 Å². The summed E-state index contributed by atoms with van der Waals surface area (Å²) in [5.74, 6) is 0.935. The van der Waals surface area contributed by atoms with Crippen molar-refractivity contribution in [2.75, 3.05) is 39.3 Å². The van der Waals surface area contributed by atoms with E-state index in [1.54, 1.807) is 29.4 Å². The first-order valence-corrected chi connectivity index (χ1v) is 24.2. The van der Waals surface area contributed by atoms with E-state index >= 15 is 8.78 Å². The molecule has 2 aliphatic heterocycles.